The van der Waals surface area contributed by atoms with Crippen molar-refractivity contribution in [1.82, 2.24) is 0 Å². The predicted molar refractivity (Wildman–Crippen MR) is 73.0 cm³/mol. The first-order valence-electron chi connectivity index (χ1n) is 6.00. The molecule has 98 valence electrons. The van der Waals surface area contributed by atoms with Gasteiger partial charge in [-0.2, -0.15) is 0 Å². The van der Waals surface area contributed by atoms with Crippen LogP contribution in [0.3, 0.4) is 0 Å². The van der Waals surface area contributed by atoms with E-state index in [1.165, 1.54) is 12.1 Å². The van der Waals surface area contributed by atoms with Gasteiger partial charge in [0.15, 0.2) is 0 Å². The Morgan fingerprint density at radius 2 is 1.58 bits per heavy atom. The van der Waals surface area contributed by atoms with Gasteiger partial charge in [-0.05, 0) is 66.8 Å². The summed E-state index contributed by atoms with van der Waals surface area (Å²) in [6.07, 6.45) is 0. The normalized spacial score (nSPS) is 10.5. The molecule has 0 aliphatic carbocycles. The second kappa shape index (κ2) is 4.84. The highest BCUT2D eigenvalue weighted by molar-refractivity contribution is 5.89. The molecular weight excluding hydrogens is 243 g/mol. The molecule has 0 radical (unpaired) electrons. The van der Waals surface area contributed by atoms with E-state index in [0.717, 1.165) is 28.3 Å². The molecule has 0 aliphatic heterocycles. The van der Waals surface area contributed by atoms with Gasteiger partial charge >= 0.3 is 5.97 Å². The summed E-state index contributed by atoms with van der Waals surface area (Å²) in [5.74, 6) is -1.66. The Balaban J connectivity index is 2.65. The largest absolute Gasteiger partial charge is 0.478 e. The Labute approximate surface area is 111 Å². The minimum atomic E-state index is -1.12. The topological polar surface area (TPSA) is 37.3 Å². The van der Waals surface area contributed by atoms with Gasteiger partial charge in [0.1, 0.15) is 5.82 Å². The lowest BCUT2D eigenvalue weighted by atomic mass is 9.94. The van der Waals surface area contributed by atoms with Crippen molar-refractivity contribution in [2.75, 3.05) is 0 Å². The summed E-state index contributed by atoms with van der Waals surface area (Å²) in [7, 11) is 0. The SMILES string of the molecule is Cc1cc(C)c(-c2cc(F)cc(C(=O)O)c2)cc1C. The van der Waals surface area contributed by atoms with Gasteiger partial charge in [0.05, 0.1) is 5.56 Å². The molecule has 2 aromatic rings. The highest BCUT2D eigenvalue weighted by atomic mass is 19.1. The first-order chi connectivity index (χ1) is 8.88. The number of hydrogen-bond acceptors (Lipinski definition) is 1. The third-order valence-corrected chi connectivity index (χ3v) is 3.30. The molecule has 0 heterocycles. The van der Waals surface area contributed by atoms with Gasteiger partial charge < -0.3 is 5.11 Å². The molecule has 2 aromatic carbocycles. The number of rotatable bonds is 2. The van der Waals surface area contributed by atoms with E-state index in [2.05, 4.69) is 0 Å². The van der Waals surface area contributed by atoms with Crippen LogP contribution in [0.25, 0.3) is 11.1 Å². The predicted octanol–water partition coefficient (Wildman–Crippen LogP) is 4.12. The number of carbonyl (C=O) groups is 1. The van der Waals surface area contributed by atoms with Gasteiger partial charge in [-0.3, -0.25) is 0 Å². The minimum Gasteiger partial charge on any atom is -0.478 e. The molecule has 0 amide bonds. The average Bonchev–Trinajstić information content (AvgIpc) is 2.33. The highest BCUT2D eigenvalue weighted by Gasteiger charge is 2.11. The molecule has 0 aromatic heterocycles. The van der Waals surface area contributed by atoms with Crippen LogP contribution in [0.1, 0.15) is 27.0 Å². The van der Waals surface area contributed by atoms with E-state index in [4.69, 9.17) is 5.11 Å². The van der Waals surface area contributed by atoms with Crippen molar-refractivity contribution in [2.24, 2.45) is 0 Å². The van der Waals surface area contributed by atoms with Crippen molar-refractivity contribution in [3.8, 4) is 11.1 Å². The lowest BCUT2D eigenvalue weighted by molar-refractivity contribution is 0.0696. The third kappa shape index (κ3) is 2.65. The van der Waals surface area contributed by atoms with Crippen LogP contribution >= 0.6 is 0 Å². The van der Waals surface area contributed by atoms with Crippen molar-refractivity contribution in [3.05, 3.63) is 58.4 Å². The van der Waals surface area contributed by atoms with E-state index >= 15 is 0 Å². The van der Waals surface area contributed by atoms with Crippen LogP contribution in [0.2, 0.25) is 0 Å². The smallest absolute Gasteiger partial charge is 0.335 e. The molecule has 2 rings (SSSR count). The van der Waals surface area contributed by atoms with Crippen LogP contribution < -0.4 is 0 Å². The monoisotopic (exact) mass is 258 g/mol. The van der Waals surface area contributed by atoms with Crippen molar-refractivity contribution < 1.29 is 14.3 Å². The molecule has 0 aliphatic rings. The number of benzene rings is 2. The first kappa shape index (κ1) is 13.3. The van der Waals surface area contributed by atoms with E-state index in [1.807, 2.05) is 32.9 Å². The third-order valence-electron chi connectivity index (χ3n) is 3.30. The van der Waals surface area contributed by atoms with Crippen LogP contribution in [0.4, 0.5) is 4.39 Å². The Morgan fingerprint density at radius 3 is 2.21 bits per heavy atom. The van der Waals surface area contributed by atoms with Crippen LogP contribution in [-0.4, -0.2) is 11.1 Å². The van der Waals surface area contributed by atoms with Gasteiger partial charge in [-0.1, -0.05) is 12.1 Å². The number of aryl methyl sites for hydroxylation is 3. The van der Waals surface area contributed by atoms with E-state index in [9.17, 15) is 9.18 Å². The van der Waals surface area contributed by atoms with Gasteiger partial charge in [0.2, 0.25) is 0 Å². The number of aromatic carboxylic acids is 1. The second-order valence-electron chi connectivity index (χ2n) is 4.79. The first-order valence-corrected chi connectivity index (χ1v) is 6.00. The van der Waals surface area contributed by atoms with Crippen molar-refractivity contribution in [2.45, 2.75) is 20.8 Å². The Kier molecular flexibility index (Phi) is 3.38. The number of carboxylic acid groups (broad SMARTS) is 1. The highest BCUT2D eigenvalue weighted by Crippen LogP contribution is 2.28. The fraction of sp³-hybridized carbons (Fsp3) is 0.188. The number of halogens is 1. The zero-order chi connectivity index (χ0) is 14.2. The molecule has 2 nitrogen and oxygen atoms in total. The Hall–Kier alpha value is -2.16. The lowest BCUT2D eigenvalue weighted by Gasteiger charge is -2.11. The maximum Gasteiger partial charge on any atom is 0.335 e. The Morgan fingerprint density at radius 1 is 0.947 bits per heavy atom. The minimum absolute atomic E-state index is 0.0346. The molecule has 0 atom stereocenters. The van der Waals surface area contributed by atoms with Crippen molar-refractivity contribution in [3.63, 3.8) is 0 Å². The summed E-state index contributed by atoms with van der Waals surface area (Å²) in [5, 5.41) is 8.98. The molecule has 0 fully saturated rings. The molecule has 19 heavy (non-hydrogen) atoms. The molecule has 0 spiro atoms. The van der Waals surface area contributed by atoms with E-state index < -0.39 is 11.8 Å². The summed E-state index contributed by atoms with van der Waals surface area (Å²) < 4.78 is 13.5. The number of carboxylic acids is 1. The summed E-state index contributed by atoms with van der Waals surface area (Å²) in [4.78, 5) is 11.0. The molecular formula is C16H15FO2. The Bertz CT molecular complexity index is 660. The van der Waals surface area contributed by atoms with Crippen molar-refractivity contribution >= 4 is 5.97 Å². The maximum atomic E-state index is 13.5. The molecule has 0 unspecified atom stereocenters. The van der Waals surface area contributed by atoms with E-state index in [1.54, 1.807) is 0 Å². The van der Waals surface area contributed by atoms with Crippen LogP contribution in [0, 0.1) is 26.6 Å². The lowest BCUT2D eigenvalue weighted by Crippen LogP contribution is -1.98. The number of hydrogen-bond donors (Lipinski definition) is 1. The van der Waals surface area contributed by atoms with Crippen molar-refractivity contribution in [1.29, 1.82) is 0 Å². The molecule has 1 N–H and O–H groups in total. The zero-order valence-electron chi connectivity index (χ0n) is 11.1. The average molecular weight is 258 g/mol. The molecule has 3 heteroatoms. The van der Waals surface area contributed by atoms with Gasteiger partial charge in [0, 0.05) is 0 Å². The summed E-state index contributed by atoms with van der Waals surface area (Å²) in [6.45, 7) is 5.93. The van der Waals surface area contributed by atoms with Gasteiger partial charge in [0.25, 0.3) is 0 Å². The van der Waals surface area contributed by atoms with Crippen LogP contribution in [0.5, 0.6) is 0 Å². The molecule has 0 saturated heterocycles. The van der Waals surface area contributed by atoms with Gasteiger partial charge in [-0.15, -0.1) is 0 Å². The van der Waals surface area contributed by atoms with Gasteiger partial charge in [-0.25, -0.2) is 9.18 Å². The molecule has 0 saturated carbocycles. The maximum absolute atomic E-state index is 13.5. The fourth-order valence-electron chi connectivity index (χ4n) is 2.14. The summed E-state index contributed by atoms with van der Waals surface area (Å²) in [6, 6.07) is 7.88. The fourth-order valence-corrected chi connectivity index (χ4v) is 2.14. The second-order valence-corrected chi connectivity index (χ2v) is 4.79. The van der Waals surface area contributed by atoms with Crippen LogP contribution in [-0.2, 0) is 0 Å². The van der Waals surface area contributed by atoms with E-state index in [-0.39, 0.29) is 5.56 Å². The summed E-state index contributed by atoms with van der Waals surface area (Å²) in [5.41, 5.74) is 4.69. The summed E-state index contributed by atoms with van der Waals surface area (Å²) >= 11 is 0. The quantitative estimate of drug-likeness (QED) is 0.879. The standard InChI is InChI=1S/C16H15FO2/c1-9-4-11(3)15(5-10(9)2)12-6-13(16(18)19)8-14(17)7-12/h4-8H,1-3H3,(H,18,19). The van der Waals surface area contributed by atoms with Crippen LogP contribution in [0.15, 0.2) is 30.3 Å². The molecule has 0 bridgehead atoms. The van der Waals surface area contributed by atoms with E-state index in [0.29, 0.717) is 5.56 Å². The zero-order valence-corrected chi connectivity index (χ0v) is 11.1.